The molecule has 2 aliphatic heterocycles. The molecule has 0 bridgehead atoms. The fourth-order valence-corrected chi connectivity index (χ4v) is 4.20. The average Bonchev–Trinajstić information content (AvgIpc) is 2.54. The summed E-state index contributed by atoms with van der Waals surface area (Å²) in [5, 5.41) is 0. The van der Waals surface area contributed by atoms with E-state index in [2.05, 4.69) is 4.72 Å². The maximum absolute atomic E-state index is 15.7. The van der Waals surface area contributed by atoms with E-state index in [1.54, 1.807) is 0 Å². The van der Waals surface area contributed by atoms with Crippen LogP contribution in [-0.4, -0.2) is 34.8 Å². The van der Waals surface area contributed by atoms with Gasteiger partial charge in [-0.3, -0.25) is 0 Å². The Bertz CT molecular complexity index is 572. The largest absolute Gasteiger partial charge is 0.598 e. The highest BCUT2D eigenvalue weighted by Crippen LogP contribution is 2.46. The molecule has 3 rings (SSSR count). The summed E-state index contributed by atoms with van der Waals surface area (Å²) in [5.74, 6) is 0.357. The van der Waals surface area contributed by atoms with Gasteiger partial charge < -0.3 is 14.0 Å². The van der Waals surface area contributed by atoms with Gasteiger partial charge in [-0.1, -0.05) is 18.2 Å². The highest BCUT2D eigenvalue weighted by Gasteiger charge is 2.50. The fourth-order valence-electron chi connectivity index (χ4n) is 3.33. The minimum atomic E-state index is -1.37. The molecule has 6 heteroatoms. The summed E-state index contributed by atoms with van der Waals surface area (Å²) >= 11 is -1.29. The first-order valence-electron chi connectivity index (χ1n) is 8.48. The summed E-state index contributed by atoms with van der Waals surface area (Å²) in [7, 11) is 0. The zero-order chi connectivity index (χ0) is 17.4. The van der Waals surface area contributed by atoms with Crippen LogP contribution in [0.25, 0.3) is 0 Å². The molecule has 0 radical (unpaired) electrons. The van der Waals surface area contributed by atoms with Gasteiger partial charge in [0, 0.05) is 43.0 Å². The van der Waals surface area contributed by atoms with E-state index < -0.39 is 21.8 Å². The smallest absolute Gasteiger partial charge is 0.136 e. The lowest BCUT2D eigenvalue weighted by molar-refractivity contribution is -0.0667. The molecule has 0 aromatic heterocycles. The van der Waals surface area contributed by atoms with Crippen molar-refractivity contribution in [2.24, 2.45) is 5.92 Å². The van der Waals surface area contributed by atoms with Crippen molar-refractivity contribution in [3.63, 3.8) is 0 Å². The van der Waals surface area contributed by atoms with Gasteiger partial charge in [-0.15, -0.1) is 4.72 Å². The standard InChI is InChI=1S/C18H26FNO3S/c1-17(2,3)24(21)20-16-13-6-4-5-7-15(13)23-12-14(16)18(19)8-10-22-11-9-18/h4-7,14,16,20H,8-12H2,1-3H3/t14-,16-,24+/m0/s1. The van der Waals surface area contributed by atoms with Crippen molar-refractivity contribution in [3.8, 4) is 5.75 Å². The lowest BCUT2D eigenvalue weighted by atomic mass is 9.76. The van der Waals surface area contributed by atoms with Crippen LogP contribution in [0.2, 0.25) is 0 Å². The van der Waals surface area contributed by atoms with Gasteiger partial charge in [0.05, 0.1) is 18.6 Å². The molecule has 134 valence electrons. The third-order valence-corrected chi connectivity index (χ3v) is 6.43. The Morgan fingerprint density at radius 2 is 1.92 bits per heavy atom. The molecule has 0 aliphatic carbocycles. The van der Waals surface area contributed by atoms with Crippen molar-refractivity contribution < 1.29 is 18.4 Å². The number of hydrogen-bond donors (Lipinski definition) is 1. The average molecular weight is 355 g/mol. The molecule has 0 amide bonds. The molecular formula is C18H26FNO3S. The highest BCUT2D eigenvalue weighted by molar-refractivity contribution is 7.90. The summed E-state index contributed by atoms with van der Waals surface area (Å²) in [5.41, 5.74) is -0.485. The molecule has 1 fully saturated rings. The first kappa shape index (κ1) is 18.0. The number of fused-ring (bicyclic) bond motifs is 1. The normalized spacial score (nSPS) is 27.9. The summed E-state index contributed by atoms with van der Waals surface area (Å²) in [6.07, 6.45) is 0.701. The molecule has 2 aliphatic rings. The number of alkyl halides is 1. The highest BCUT2D eigenvalue weighted by atomic mass is 32.2. The van der Waals surface area contributed by atoms with Crippen molar-refractivity contribution in [1.82, 2.24) is 4.72 Å². The molecule has 1 aromatic carbocycles. The molecule has 1 aromatic rings. The molecule has 24 heavy (non-hydrogen) atoms. The summed E-state index contributed by atoms with van der Waals surface area (Å²) in [4.78, 5) is 0. The van der Waals surface area contributed by atoms with Crippen LogP contribution in [-0.2, 0) is 16.1 Å². The second kappa shape index (κ2) is 6.83. The van der Waals surface area contributed by atoms with Crippen molar-refractivity contribution >= 4 is 11.4 Å². The number of para-hydroxylation sites is 1. The zero-order valence-electron chi connectivity index (χ0n) is 14.5. The molecule has 3 atom stereocenters. The number of halogens is 1. The summed E-state index contributed by atoms with van der Waals surface area (Å²) < 4.78 is 42.3. The fraction of sp³-hybridized carbons (Fsp3) is 0.667. The Hall–Kier alpha value is -0.820. The lowest BCUT2D eigenvalue weighted by Gasteiger charge is -2.44. The third kappa shape index (κ3) is 3.57. The zero-order valence-corrected chi connectivity index (χ0v) is 15.3. The first-order chi connectivity index (χ1) is 11.3. The van der Waals surface area contributed by atoms with Crippen LogP contribution in [0.5, 0.6) is 5.75 Å². The molecule has 1 saturated heterocycles. The predicted octanol–water partition coefficient (Wildman–Crippen LogP) is 3.31. The lowest BCUT2D eigenvalue weighted by Crippen LogP contribution is -2.52. The molecule has 4 nitrogen and oxygen atoms in total. The van der Waals surface area contributed by atoms with E-state index in [0.717, 1.165) is 11.3 Å². The SMILES string of the molecule is CC(C)(C)[S@@+]([O-])N[C@H]1c2ccccc2OC[C@@H]1C1(F)CCOCC1. The topological polar surface area (TPSA) is 53.5 Å². The Morgan fingerprint density at radius 3 is 2.58 bits per heavy atom. The van der Waals surface area contributed by atoms with Gasteiger partial charge >= 0.3 is 0 Å². The van der Waals surface area contributed by atoms with Gasteiger partial charge in [-0.05, 0) is 26.8 Å². The summed E-state index contributed by atoms with van der Waals surface area (Å²) in [6.45, 7) is 6.86. The Kier molecular flexibility index (Phi) is 5.12. The van der Waals surface area contributed by atoms with Gasteiger partial charge in [0.15, 0.2) is 0 Å². The maximum Gasteiger partial charge on any atom is 0.136 e. The Labute approximate surface area is 146 Å². The summed E-state index contributed by atoms with van der Waals surface area (Å²) in [6, 6.07) is 7.29. The van der Waals surface area contributed by atoms with E-state index in [-0.39, 0.29) is 18.6 Å². The number of rotatable bonds is 3. The van der Waals surface area contributed by atoms with E-state index >= 15 is 4.39 Å². The van der Waals surface area contributed by atoms with E-state index in [1.807, 2.05) is 45.0 Å². The van der Waals surface area contributed by atoms with Crippen LogP contribution in [0.1, 0.15) is 45.2 Å². The quantitative estimate of drug-likeness (QED) is 0.845. The Morgan fingerprint density at radius 1 is 1.25 bits per heavy atom. The van der Waals surface area contributed by atoms with Crippen molar-refractivity contribution in [3.05, 3.63) is 29.8 Å². The van der Waals surface area contributed by atoms with Crippen LogP contribution in [0.15, 0.2) is 24.3 Å². The predicted molar refractivity (Wildman–Crippen MR) is 93.1 cm³/mol. The molecule has 1 N–H and O–H groups in total. The number of hydrogen-bond acceptors (Lipinski definition) is 4. The van der Waals surface area contributed by atoms with Crippen LogP contribution >= 0.6 is 0 Å². The number of nitrogens with one attached hydrogen (secondary N) is 1. The van der Waals surface area contributed by atoms with Gasteiger partial charge in [-0.2, -0.15) is 0 Å². The molecule has 0 unspecified atom stereocenters. The van der Waals surface area contributed by atoms with Gasteiger partial charge in [0.25, 0.3) is 0 Å². The second-order valence-corrected chi connectivity index (χ2v) is 9.58. The number of benzene rings is 1. The maximum atomic E-state index is 15.7. The molecule has 2 heterocycles. The van der Waals surface area contributed by atoms with Gasteiger partial charge in [0.2, 0.25) is 0 Å². The molecular weight excluding hydrogens is 329 g/mol. The van der Waals surface area contributed by atoms with Crippen molar-refractivity contribution in [2.75, 3.05) is 19.8 Å². The van der Waals surface area contributed by atoms with Crippen LogP contribution in [0.4, 0.5) is 4.39 Å². The van der Waals surface area contributed by atoms with Gasteiger partial charge in [-0.25, -0.2) is 4.39 Å². The van der Waals surface area contributed by atoms with E-state index in [1.165, 1.54) is 0 Å². The van der Waals surface area contributed by atoms with E-state index in [9.17, 15) is 4.55 Å². The van der Waals surface area contributed by atoms with Crippen LogP contribution in [0.3, 0.4) is 0 Å². The molecule has 0 spiro atoms. The van der Waals surface area contributed by atoms with Crippen molar-refractivity contribution in [2.45, 2.75) is 50.1 Å². The van der Waals surface area contributed by atoms with Gasteiger partial charge in [0.1, 0.15) is 16.2 Å². The van der Waals surface area contributed by atoms with Crippen LogP contribution < -0.4 is 9.46 Å². The monoisotopic (exact) mass is 355 g/mol. The number of ether oxygens (including phenoxy) is 2. The first-order valence-corrected chi connectivity index (χ1v) is 9.63. The third-order valence-electron chi connectivity index (χ3n) is 4.85. The Balaban J connectivity index is 1.93. The van der Waals surface area contributed by atoms with Crippen molar-refractivity contribution in [1.29, 1.82) is 0 Å². The second-order valence-electron chi connectivity index (χ2n) is 7.58. The minimum absolute atomic E-state index is 0.284. The molecule has 0 saturated carbocycles. The van der Waals surface area contributed by atoms with Crippen LogP contribution in [0, 0.1) is 5.92 Å². The van der Waals surface area contributed by atoms with E-state index in [0.29, 0.717) is 26.1 Å². The van der Waals surface area contributed by atoms with E-state index in [4.69, 9.17) is 9.47 Å². The minimum Gasteiger partial charge on any atom is -0.598 e.